The quantitative estimate of drug-likeness (QED) is 0.858. The zero-order chi connectivity index (χ0) is 18.0. The predicted molar refractivity (Wildman–Crippen MR) is 101 cm³/mol. The van der Waals surface area contributed by atoms with E-state index in [0.717, 1.165) is 18.5 Å². The minimum Gasteiger partial charge on any atom is -0.496 e. The van der Waals surface area contributed by atoms with Gasteiger partial charge in [-0.3, -0.25) is 4.90 Å². The molecule has 2 aromatic carbocycles. The molecule has 2 aromatic rings. The normalized spacial score (nSPS) is 21.7. The monoisotopic (exact) mass is 362 g/mol. The number of nitrogens with zero attached hydrogens (tertiary/aromatic N) is 1. The maximum atomic E-state index is 12.8. The second-order valence-corrected chi connectivity index (χ2v) is 8.63. The predicted octanol–water partition coefficient (Wildman–Crippen LogP) is 2.86. The summed E-state index contributed by atoms with van der Waals surface area (Å²) in [4.78, 5) is 2.64. The number of hydrogen-bond acceptors (Lipinski definition) is 4. The van der Waals surface area contributed by atoms with Crippen LogP contribution in [0.4, 0.5) is 0 Å². The van der Waals surface area contributed by atoms with Gasteiger partial charge < -0.3 is 4.74 Å². The lowest BCUT2D eigenvalue weighted by molar-refractivity contribution is 0.270. The standard InChI is InChI=1S/C19H26N2O3S/c1-14-12-15(2)21(13-14)11-10-20-25(22,23)19-9-8-18(24-3)16-6-4-5-7-17(16)19/h4-9,14-15,20H,10-13H2,1-3H3. The van der Waals surface area contributed by atoms with E-state index in [1.807, 2.05) is 24.3 Å². The minimum atomic E-state index is -3.57. The summed E-state index contributed by atoms with van der Waals surface area (Å²) in [5, 5.41) is 1.48. The van der Waals surface area contributed by atoms with Crippen LogP contribution in [-0.2, 0) is 10.0 Å². The van der Waals surface area contributed by atoms with Gasteiger partial charge >= 0.3 is 0 Å². The molecule has 0 radical (unpaired) electrons. The number of ether oxygens (including phenoxy) is 1. The van der Waals surface area contributed by atoms with Gasteiger partial charge in [0.25, 0.3) is 0 Å². The third-order valence-corrected chi connectivity index (χ3v) is 6.48. The summed E-state index contributed by atoms with van der Waals surface area (Å²) in [5.41, 5.74) is 0. The highest BCUT2D eigenvalue weighted by Crippen LogP contribution is 2.30. The van der Waals surface area contributed by atoms with E-state index in [1.54, 1.807) is 19.2 Å². The number of rotatable bonds is 6. The Bertz CT molecular complexity index is 851. The molecule has 1 heterocycles. The number of nitrogens with one attached hydrogen (secondary N) is 1. The number of benzene rings is 2. The average Bonchev–Trinajstić information content (AvgIpc) is 2.91. The number of methoxy groups -OCH3 is 1. The molecular formula is C19H26N2O3S. The molecule has 0 aliphatic carbocycles. The maximum absolute atomic E-state index is 12.8. The van der Waals surface area contributed by atoms with Crippen molar-refractivity contribution in [2.24, 2.45) is 5.92 Å². The Hall–Kier alpha value is -1.63. The van der Waals surface area contributed by atoms with E-state index in [9.17, 15) is 8.42 Å². The minimum absolute atomic E-state index is 0.298. The molecule has 6 heteroatoms. The van der Waals surface area contributed by atoms with Crippen LogP contribution in [0.25, 0.3) is 10.8 Å². The van der Waals surface area contributed by atoms with Crippen molar-refractivity contribution in [2.45, 2.75) is 31.2 Å². The summed E-state index contributed by atoms with van der Waals surface area (Å²) in [5.74, 6) is 1.35. The van der Waals surface area contributed by atoms with Crippen LogP contribution in [0.5, 0.6) is 5.75 Å². The summed E-state index contributed by atoms with van der Waals surface area (Å²) in [6.45, 7) is 6.63. The molecule has 1 saturated heterocycles. The average molecular weight is 362 g/mol. The van der Waals surface area contributed by atoms with Crippen LogP contribution in [0.15, 0.2) is 41.3 Å². The van der Waals surface area contributed by atoms with E-state index in [2.05, 4.69) is 23.5 Å². The van der Waals surface area contributed by atoms with Crippen molar-refractivity contribution < 1.29 is 13.2 Å². The van der Waals surface area contributed by atoms with E-state index < -0.39 is 10.0 Å². The van der Waals surface area contributed by atoms with Crippen molar-refractivity contribution in [3.05, 3.63) is 36.4 Å². The molecule has 0 amide bonds. The van der Waals surface area contributed by atoms with Crippen LogP contribution >= 0.6 is 0 Å². The van der Waals surface area contributed by atoms with Crippen molar-refractivity contribution in [3.8, 4) is 5.75 Å². The zero-order valence-electron chi connectivity index (χ0n) is 15.0. The molecular weight excluding hydrogens is 336 g/mol. The van der Waals surface area contributed by atoms with Crippen molar-refractivity contribution in [3.63, 3.8) is 0 Å². The fourth-order valence-corrected chi connectivity index (χ4v) is 4.99. The van der Waals surface area contributed by atoms with Gasteiger partial charge in [-0.25, -0.2) is 13.1 Å². The van der Waals surface area contributed by atoms with Gasteiger partial charge in [0.05, 0.1) is 12.0 Å². The molecule has 0 bridgehead atoms. The molecule has 0 spiro atoms. The molecule has 2 unspecified atom stereocenters. The Labute approximate surface area is 150 Å². The molecule has 0 aromatic heterocycles. The van der Waals surface area contributed by atoms with Gasteiger partial charge in [-0.15, -0.1) is 0 Å². The molecule has 0 saturated carbocycles. The van der Waals surface area contributed by atoms with E-state index in [-0.39, 0.29) is 0 Å². The fourth-order valence-electron chi connectivity index (χ4n) is 3.76. The lowest BCUT2D eigenvalue weighted by Crippen LogP contribution is -2.36. The Morgan fingerprint density at radius 2 is 1.88 bits per heavy atom. The molecule has 25 heavy (non-hydrogen) atoms. The second kappa shape index (κ2) is 7.32. The zero-order valence-corrected chi connectivity index (χ0v) is 15.8. The summed E-state index contributed by atoms with van der Waals surface area (Å²) in [6.07, 6.45) is 1.18. The van der Waals surface area contributed by atoms with Crippen LogP contribution in [0, 0.1) is 5.92 Å². The van der Waals surface area contributed by atoms with Crippen molar-refractivity contribution in [2.75, 3.05) is 26.7 Å². The summed E-state index contributed by atoms with van der Waals surface area (Å²) in [7, 11) is -1.98. The van der Waals surface area contributed by atoms with Crippen molar-refractivity contribution in [1.82, 2.24) is 9.62 Å². The van der Waals surface area contributed by atoms with E-state index in [0.29, 0.717) is 34.5 Å². The molecule has 1 N–H and O–H groups in total. The first-order chi connectivity index (χ1) is 11.9. The Balaban J connectivity index is 1.78. The first-order valence-electron chi connectivity index (χ1n) is 8.72. The van der Waals surface area contributed by atoms with Gasteiger partial charge in [0.2, 0.25) is 10.0 Å². The Morgan fingerprint density at radius 1 is 1.16 bits per heavy atom. The highest BCUT2D eigenvalue weighted by molar-refractivity contribution is 7.89. The van der Waals surface area contributed by atoms with Crippen LogP contribution in [0.2, 0.25) is 0 Å². The van der Waals surface area contributed by atoms with Gasteiger partial charge in [-0.1, -0.05) is 31.2 Å². The van der Waals surface area contributed by atoms with Crippen LogP contribution in [0.1, 0.15) is 20.3 Å². The SMILES string of the molecule is COc1ccc(S(=O)(=O)NCCN2CC(C)CC2C)c2ccccc12. The molecule has 2 atom stereocenters. The second-order valence-electron chi connectivity index (χ2n) is 6.89. The third kappa shape index (κ3) is 3.81. The van der Waals surface area contributed by atoms with Gasteiger partial charge in [0, 0.05) is 36.4 Å². The van der Waals surface area contributed by atoms with Crippen molar-refractivity contribution in [1.29, 1.82) is 0 Å². The number of fused-ring (bicyclic) bond motifs is 1. The van der Waals surface area contributed by atoms with Gasteiger partial charge in [-0.05, 0) is 31.4 Å². The van der Waals surface area contributed by atoms with E-state index in [4.69, 9.17) is 4.74 Å². The highest BCUT2D eigenvalue weighted by Gasteiger charge is 2.26. The topological polar surface area (TPSA) is 58.6 Å². The molecule has 1 fully saturated rings. The number of sulfonamides is 1. The van der Waals surface area contributed by atoms with Crippen LogP contribution < -0.4 is 9.46 Å². The summed E-state index contributed by atoms with van der Waals surface area (Å²) >= 11 is 0. The van der Waals surface area contributed by atoms with Gasteiger partial charge in [0.15, 0.2) is 0 Å². The largest absolute Gasteiger partial charge is 0.496 e. The van der Waals surface area contributed by atoms with Crippen LogP contribution in [0.3, 0.4) is 0 Å². The number of likely N-dealkylation sites (tertiary alicyclic amines) is 1. The lowest BCUT2D eigenvalue weighted by Gasteiger charge is -2.21. The number of hydrogen-bond donors (Lipinski definition) is 1. The Morgan fingerprint density at radius 3 is 2.52 bits per heavy atom. The fraction of sp³-hybridized carbons (Fsp3) is 0.474. The highest BCUT2D eigenvalue weighted by atomic mass is 32.2. The summed E-state index contributed by atoms with van der Waals surface area (Å²) < 4.78 is 33.7. The molecule has 136 valence electrons. The summed E-state index contributed by atoms with van der Waals surface area (Å²) in [6, 6.07) is 11.3. The lowest BCUT2D eigenvalue weighted by atomic mass is 10.1. The molecule has 1 aliphatic rings. The molecule has 5 nitrogen and oxygen atoms in total. The van der Waals surface area contributed by atoms with Crippen LogP contribution in [-0.4, -0.2) is 46.1 Å². The van der Waals surface area contributed by atoms with Gasteiger partial charge in [-0.2, -0.15) is 0 Å². The smallest absolute Gasteiger partial charge is 0.241 e. The Kier molecular flexibility index (Phi) is 5.32. The van der Waals surface area contributed by atoms with Gasteiger partial charge in [0.1, 0.15) is 5.75 Å². The van der Waals surface area contributed by atoms with E-state index in [1.165, 1.54) is 6.42 Å². The maximum Gasteiger partial charge on any atom is 0.241 e. The first-order valence-corrected chi connectivity index (χ1v) is 10.2. The van der Waals surface area contributed by atoms with E-state index >= 15 is 0 Å². The van der Waals surface area contributed by atoms with Crippen molar-refractivity contribution >= 4 is 20.8 Å². The molecule has 1 aliphatic heterocycles. The molecule has 3 rings (SSSR count). The first kappa shape index (κ1) is 18.2. The third-order valence-electron chi connectivity index (χ3n) is 4.96.